The third-order valence-corrected chi connectivity index (χ3v) is 3.56. The Labute approximate surface area is 128 Å². The van der Waals surface area contributed by atoms with Crippen LogP contribution in [0.1, 0.15) is 31.9 Å². The van der Waals surface area contributed by atoms with Crippen LogP contribution >= 0.6 is 11.3 Å². The molecule has 0 saturated carbocycles. The van der Waals surface area contributed by atoms with Crippen molar-refractivity contribution >= 4 is 28.2 Å². The molecule has 112 valence electrons. The normalized spacial score (nSPS) is 11.9. The predicted octanol–water partition coefficient (Wildman–Crippen LogP) is 3.24. The molecule has 1 heterocycles. The van der Waals surface area contributed by atoms with Crippen molar-refractivity contribution in [1.82, 2.24) is 15.5 Å². The van der Waals surface area contributed by atoms with Gasteiger partial charge in [0.2, 0.25) is 5.13 Å². The fourth-order valence-corrected chi connectivity index (χ4v) is 2.26. The highest BCUT2D eigenvalue weighted by Crippen LogP contribution is 2.16. The van der Waals surface area contributed by atoms with Gasteiger partial charge in [0.25, 0.3) is 0 Å². The van der Waals surface area contributed by atoms with Crippen molar-refractivity contribution in [2.45, 2.75) is 26.3 Å². The van der Waals surface area contributed by atoms with E-state index in [2.05, 4.69) is 40.0 Å². The monoisotopic (exact) mass is 305 g/mol. The number of rotatable bonds is 6. The van der Waals surface area contributed by atoms with E-state index in [1.165, 1.54) is 16.9 Å². The van der Waals surface area contributed by atoms with Gasteiger partial charge in [-0.15, -0.1) is 10.2 Å². The van der Waals surface area contributed by atoms with Gasteiger partial charge >= 0.3 is 6.03 Å². The third kappa shape index (κ3) is 4.80. The molecule has 0 radical (unpaired) electrons. The lowest BCUT2D eigenvalue weighted by atomic mass is 10.1. The molecule has 1 unspecified atom stereocenters. The van der Waals surface area contributed by atoms with E-state index in [1.54, 1.807) is 5.51 Å². The zero-order valence-electron chi connectivity index (χ0n) is 12.1. The average molecular weight is 305 g/mol. The Balaban J connectivity index is 1.88. The van der Waals surface area contributed by atoms with Crippen molar-refractivity contribution < 1.29 is 4.79 Å². The molecule has 2 amide bonds. The van der Waals surface area contributed by atoms with Crippen LogP contribution in [0.25, 0.3) is 0 Å². The molecule has 0 bridgehead atoms. The number of urea groups is 1. The summed E-state index contributed by atoms with van der Waals surface area (Å²) in [4.78, 5) is 11.7. The lowest BCUT2D eigenvalue weighted by molar-refractivity contribution is 0.262. The van der Waals surface area contributed by atoms with Gasteiger partial charge in [0.1, 0.15) is 5.51 Å². The molecule has 6 nitrogen and oxygen atoms in total. The highest BCUT2D eigenvalue weighted by molar-refractivity contribution is 7.13. The maximum Gasteiger partial charge on any atom is 0.325 e. The van der Waals surface area contributed by atoms with E-state index in [-0.39, 0.29) is 6.03 Å². The van der Waals surface area contributed by atoms with Gasteiger partial charge in [0.15, 0.2) is 0 Å². The molecule has 1 aromatic carbocycles. The number of nitrogens with one attached hydrogen (secondary N) is 3. The molecule has 0 aliphatic carbocycles. The SMILES string of the molecule is CCCNC(C)c1ccc(NC(=O)Nc2nncs2)cc1. The molecule has 0 aliphatic heterocycles. The Bertz CT molecular complexity index is 555. The van der Waals surface area contributed by atoms with Gasteiger partial charge in [-0.2, -0.15) is 0 Å². The minimum atomic E-state index is -0.323. The maximum absolute atomic E-state index is 11.7. The lowest BCUT2D eigenvalue weighted by Crippen LogP contribution is -2.20. The molecule has 7 heteroatoms. The third-order valence-electron chi connectivity index (χ3n) is 2.95. The van der Waals surface area contributed by atoms with Crippen LogP contribution in [0.5, 0.6) is 0 Å². The molecule has 2 rings (SSSR count). The van der Waals surface area contributed by atoms with E-state index in [9.17, 15) is 4.79 Å². The summed E-state index contributed by atoms with van der Waals surface area (Å²) in [5, 5.41) is 16.7. The van der Waals surface area contributed by atoms with Gasteiger partial charge in [-0.3, -0.25) is 5.32 Å². The second-order valence-electron chi connectivity index (χ2n) is 4.62. The van der Waals surface area contributed by atoms with Crippen molar-refractivity contribution in [2.75, 3.05) is 17.2 Å². The van der Waals surface area contributed by atoms with Gasteiger partial charge in [0, 0.05) is 11.7 Å². The summed E-state index contributed by atoms with van der Waals surface area (Å²) in [6.45, 7) is 5.26. The smallest absolute Gasteiger partial charge is 0.310 e. The van der Waals surface area contributed by atoms with Crippen LogP contribution in [0, 0.1) is 0 Å². The zero-order valence-corrected chi connectivity index (χ0v) is 12.9. The lowest BCUT2D eigenvalue weighted by Gasteiger charge is -2.14. The second-order valence-corrected chi connectivity index (χ2v) is 5.45. The first kappa shape index (κ1) is 15.4. The Morgan fingerprint density at radius 2 is 2.05 bits per heavy atom. The number of aromatic nitrogens is 2. The molecule has 0 fully saturated rings. The summed E-state index contributed by atoms with van der Waals surface area (Å²) in [5.74, 6) is 0. The number of amides is 2. The van der Waals surface area contributed by atoms with E-state index < -0.39 is 0 Å². The van der Waals surface area contributed by atoms with Crippen LogP contribution in [0.15, 0.2) is 29.8 Å². The van der Waals surface area contributed by atoms with Crippen LogP contribution in [0.4, 0.5) is 15.6 Å². The quantitative estimate of drug-likeness (QED) is 0.765. The number of benzene rings is 1. The van der Waals surface area contributed by atoms with Crippen LogP contribution in [-0.4, -0.2) is 22.8 Å². The van der Waals surface area contributed by atoms with E-state index in [0.717, 1.165) is 18.7 Å². The van der Waals surface area contributed by atoms with E-state index >= 15 is 0 Å². The van der Waals surface area contributed by atoms with Gasteiger partial charge in [-0.25, -0.2) is 4.79 Å². The van der Waals surface area contributed by atoms with Crippen molar-refractivity contribution in [1.29, 1.82) is 0 Å². The number of hydrogen-bond donors (Lipinski definition) is 3. The van der Waals surface area contributed by atoms with Gasteiger partial charge < -0.3 is 10.6 Å². The van der Waals surface area contributed by atoms with Crippen molar-refractivity contribution in [3.63, 3.8) is 0 Å². The summed E-state index contributed by atoms with van der Waals surface area (Å²) in [5.41, 5.74) is 3.50. The fraction of sp³-hybridized carbons (Fsp3) is 0.357. The second kappa shape index (κ2) is 7.70. The van der Waals surface area contributed by atoms with Gasteiger partial charge in [-0.05, 0) is 37.6 Å². The minimum absolute atomic E-state index is 0.300. The highest BCUT2D eigenvalue weighted by atomic mass is 32.1. The number of carbonyl (C=O) groups is 1. The zero-order chi connectivity index (χ0) is 15.1. The summed E-state index contributed by atoms with van der Waals surface area (Å²) in [7, 11) is 0. The van der Waals surface area contributed by atoms with Crippen LogP contribution in [0.2, 0.25) is 0 Å². The number of carbonyl (C=O) groups excluding carboxylic acids is 1. The van der Waals surface area contributed by atoms with Crippen LogP contribution < -0.4 is 16.0 Å². The highest BCUT2D eigenvalue weighted by Gasteiger charge is 2.07. The van der Waals surface area contributed by atoms with Crippen molar-refractivity contribution in [2.24, 2.45) is 0 Å². The van der Waals surface area contributed by atoms with Gasteiger partial charge in [0.05, 0.1) is 0 Å². The molecule has 3 N–H and O–H groups in total. The summed E-state index contributed by atoms with van der Waals surface area (Å²) >= 11 is 1.27. The van der Waals surface area contributed by atoms with Gasteiger partial charge in [-0.1, -0.05) is 30.4 Å². The Morgan fingerprint density at radius 1 is 1.29 bits per heavy atom. The van der Waals surface area contributed by atoms with E-state index in [1.807, 2.05) is 24.3 Å². The van der Waals surface area contributed by atoms with E-state index in [4.69, 9.17) is 0 Å². The summed E-state index contributed by atoms with van der Waals surface area (Å²) in [6.07, 6.45) is 1.11. The molecular formula is C14H19N5OS. The molecule has 1 atom stereocenters. The topological polar surface area (TPSA) is 78.9 Å². The molecule has 21 heavy (non-hydrogen) atoms. The average Bonchev–Trinajstić information content (AvgIpc) is 2.98. The maximum atomic E-state index is 11.7. The van der Waals surface area contributed by atoms with Crippen LogP contribution in [0.3, 0.4) is 0 Å². The summed E-state index contributed by atoms with van der Waals surface area (Å²) < 4.78 is 0. The molecular weight excluding hydrogens is 286 g/mol. The Kier molecular flexibility index (Phi) is 5.65. The van der Waals surface area contributed by atoms with Crippen LogP contribution in [-0.2, 0) is 0 Å². The van der Waals surface area contributed by atoms with Crippen molar-refractivity contribution in [3.05, 3.63) is 35.3 Å². The number of nitrogens with zero attached hydrogens (tertiary/aromatic N) is 2. The fourth-order valence-electron chi connectivity index (χ4n) is 1.82. The minimum Gasteiger partial charge on any atom is -0.310 e. The molecule has 0 aliphatic rings. The number of hydrogen-bond acceptors (Lipinski definition) is 5. The predicted molar refractivity (Wildman–Crippen MR) is 85.7 cm³/mol. The molecule has 0 spiro atoms. The summed E-state index contributed by atoms with van der Waals surface area (Å²) in [6, 6.07) is 7.77. The first-order valence-electron chi connectivity index (χ1n) is 6.86. The number of anilines is 2. The molecule has 2 aromatic rings. The first-order valence-corrected chi connectivity index (χ1v) is 7.74. The first-order chi connectivity index (χ1) is 10.2. The van der Waals surface area contributed by atoms with E-state index in [0.29, 0.717) is 11.2 Å². The largest absolute Gasteiger partial charge is 0.325 e. The molecule has 1 aromatic heterocycles. The Morgan fingerprint density at radius 3 is 2.67 bits per heavy atom. The van der Waals surface area contributed by atoms with Crippen molar-refractivity contribution in [3.8, 4) is 0 Å². The Hall–Kier alpha value is -1.99. The molecule has 0 saturated heterocycles. The standard InChI is InChI=1S/C14H19N5OS/c1-3-8-15-10(2)11-4-6-12(7-5-11)17-13(20)18-14-19-16-9-21-14/h4-7,9-10,15H,3,8H2,1-2H3,(H2,17,18,19,20).